The molecule has 0 spiro atoms. The predicted octanol–water partition coefficient (Wildman–Crippen LogP) is 5.77. The number of hydrogen-bond acceptors (Lipinski definition) is 6. The maximum atomic E-state index is 12.5. The minimum absolute atomic E-state index is 0.0890. The van der Waals surface area contributed by atoms with Gasteiger partial charge in [0, 0.05) is 11.3 Å². The van der Waals surface area contributed by atoms with Gasteiger partial charge in [-0.15, -0.1) is 10.2 Å². The van der Waals surface area contributed by atoms with Crippen LogP contribution >= 0.6 is 11.8 Å². The summed E-state index contributed by atoms with van der Waals surface area (Å²) in [5.41, 5.74) is 4.02. The fourth-order valence-electron chi connectivity index (χ4n) is 3.12. The van der Waals surface area contributed by atoms with E-state index >= 15 is 0 Å². The summed E-state index contributed by atoms with van der Waals surface area (Å²) >= 11 is 1.23. The summed E-state index contributed by atoms with van der Waals surface area (Å²) in [6.07, 6.45) is 3.87. The number of amides is 1. The average Bonchev–Trinajstić information content (AvgIpc) is 3.27. The first kappa shape index (κ1) is 22.9. The number of hydrogen-bond donors (Lipinski definition) is 1. The quantitative estimate of drug-likeness (QED) is 0.302. The van der Waals surface area contributed by atoms with E-state index in [1.165, 1.54) is 11.8 Å². The van der Waals surface area contributed by atoms with Crippen LogP contribution in [0.4, 0.5) is 5.69 Å². The van der Waals surface area contributed by atoms with Gasteiger partial charge in [0.15, 0.2) is 0 Å². The van der Waals surface area contributed by atoms with Crippen LogP contribution < -0.4 is 10.1 Å². The number of carbonyl (C=O) groups excluding carboxylic acids is 1. The molecule has 3 aromatic rings. The van der Waals surface area contributed by atoms with E-state index in [9.17, 15) is 4.79 Å². The highest BCUT2D eigenvalue weighted by Gasteiger charge is 2.14. The summed E-state index contributed by atoms with van der Waals surface area (Å²) in [4.78, 5) is 12.5. The zero-order valence-corrected chi connectivity index (χ0v) is 19.1. The number of nitrogens with zero attached hydrogens (tertiary/aromatic N) is 2. The normalized spacial score (nSPS) is 10.8. The number of nitrogens with one attached hydrogen (secondary N) is 1. The number of rotatable bonds is 11. The molecule has 0 aliphatic heterocycles. The summed E-state index contributed by atoms with van der Waals surface area (Å²) < 4.78 is 11.4. The Morgan fingerprint density at radius 2 is 1.74 bits per heavy atom. The van der Waals surface area contributed by atoms with E-state index < -0.39 is 0 Å². The Bertz CT molecular complexity index is 964. The summed E-state index contributed by atoms with van der Waals surface area (Å²) in [5, 5.41) is 11.6. The van der Waals surface area contributed by atoms with Gasteiger partial charge in [0.1, 0.15) is 5.75 Å². The second-order valence-corrected chi connectivity index (χ2v) is 8.02. The molecule has 31 heavy (non-hydrogen) atoms. The van der Waals surface area contributed by atoms with E-state index in [0.717, 1.165) is 53.8 Å². The predicted molar refractivity (Wildman–Crippen MR) is 125 cm³/mol. The molecule has 0 saturated heterocycles. The summed E-state index contributed by atoms with van der Waals surface area (Å²) in [7, 11) is 0. The van der Waals surface area contributed by atoms with Gasteiger partial charge in [-0.1, -0.05) is 57.2 Å². The Hall–Kier alpha value is -2.80. The van der Waals surface area contributed by atoms with Crippen molar-refractivity contribution in [3.8, 4) is 17.2 Å². The molecular weight excluding hydrogens is 410 g/mol. The lowest BCUT2D eigenvalue weighted by atomic mass is 10.0. The molecule has 164 valence electrons. The largest absolute Gasteiger partial charge is 0.494 e. The second-order valence-electron chi connectivity index (χ2n) is 7.09. The fraction of sp³-hybridized carbons (Fsp3) is 0.375. The third-order valence-electron chi connectivity index (χ3n) is 4.86. The van der Waals surface area contributed by atoms with Crippen LogP contribution in [-0.2, 0) is 17.6 Å². The minimum Gasteiger partial charge on any atom is -0.494 e. The molecule has 3 rings (SSSR count). The number of aryl methyl sites for hydroxylation is 2. The summed E-state index contributed by atoms with van der Waals surface area (Å²) in [6, 6.07) is 13.7. The zero-order valence-electron chi connectivity index (χ0n) is 18.3. The van der Waals surface area contributed by atoms with Crippen LogP contribution in [0.2, 0.25) is 0 Å². The van der Waals surface area contributed by atoms with Crippen molar-refractivity contribution < 1.29 is 13.9 Å². The van der Waals surface area contributed by atoms with Crippen molar-refractivity contribution in [3.05, 3.63) is 53.6 Å². The molecule has 2 aromatic carbocycles. The van der Waals surface area contributed by atoms with Crippen LogP contribution in [0.25, 0.3) is 11.5 Å². The van der Waals surface area contributed by atoms with Crippen LogP contribution in [0, 0.1) is 0 Å². The number of anilines is 1. The van der Waals surface area contributed by atoms with Gasteiger partial charge in [-0.25, -0.2) is 0 Å². The minimum atomic E-state index is -0.0890. The molecule has 0 saturated carbocycles. The first-order valence-electron chi connectivity index (χ1n) is 10.7. The molecule has 7 heteroatoms. The first-order valence-corrected chi connectivity index (χ1v) is 11.7. The Labute approximate surface area is 187 Å². The van der Waals surface area contributed by atoms with Gasteiger partial charge in [-0.2, -0.15) is 0 Å². The smallest absolute Gasteiger partial charge is 0.277 e. The number of ether oxygens (including phenoxy) is 1. The number of unbranched alkanes of at least 4 members (excludes halogenated alkanes) is 1. The third-order valence-corrected chi connectivity index (χ3v) is 5.68. The Morgan fingerprint density at radius 1 is 1.03 bits per heavy atom. The van der Waals surface area contributed by atoms with Crippen molar-refractivity contribution in [2.24, 2.45) is 0 Å². The Balaban J connectivity index is 1.56. The molecule has 0 atom stereocenters. The molecule has 1 amide bonds. The van der Waals surface area contributed by atoms with Crippen LogP contribution in [-0.4, -0.2) is 28.5 Å². The highest BCUT2D eigenvalue weighted by atomic mass is 32.2. The topological polar surface area (TPSA) is 77.2 Å². The number of benzene rings is 2. The maximum absolute atomic E-state index is 12.5. The van der Waals surface area contributed by atoms with Crippen molar-refractivity contribution in [3.63, 3.8) is 0 Å². The molecule has 0 aliphatic rings. The highest BCUT2D eigenvalue weighted by molar-refractivity contribution is 7.99. The molecule has 0 bridgehead atoms. The molecule has 0 aliphatic carbocycles. The van der Waals surface area contributed by atoms with Crippen molar-refractivity contribution in [2.75, 3.05) is 17.7 Å². The summed E-state index contributed by atoms with van der Waals surface area (Å²) in [6.45, 7) is 7.02. The lowest BCUT2D eigenvalue weighted by molar-refractivity contribution is -0.113. The van der Waals surface area contributed by atoms with Gasteiger partial charge >= 0.3 is 0 Å². The SMILES string of the molecule is CCCCOc1ccc(-c2nnc(SCC(=O)Nc3c(CC)cccc3CC)o2)cc1. The Morgan fingerprint density at radius 3 is 2.39 bits per heavy atom. The fourth-order valence-corrected chi connectivity index (χ4v) is 3.68. The molecule has 0 unspecified atom stereocenters. The molecule has 6 nitrogen and oxygen atoms in total. The molecule has 1 N–H and O–H groups in total. The van der Waals surface area contributed by atoms with E-state index in [1.54, 1.807) is 0 Å². The van der Waals surface area contributed by atoms with E-state index in [1.807, 2.05) is 42.5 Å². The van der Waals surface area contributed by atoms with Crippen LogP contribution in [0.1, 0.15) is 44.7 Å². The van der Waals surface area contributed by atoms with Crippen molar-refractivity contribution in [2.45, 2.75) is 51.7 Å². The van der Waals surface area contributed by atoms with Crippen molar-refractivity contribution >= 4 is 23.4 Å². The highest BCUT2D eigenvalue weighted by Crippen LogP contribution is 2.26. The number of thioether (sulfide) groups is 1. The van der Waals surface area contributed by atoms with Crippen molar-refractivity contribution in [1.82, 2.24) is 10.2 Å². The van der Waals surface area contributed by atoms with Crippen molar-refractivity contribution in [1.29, 1.82) is 0 Å². The van der Waals surface area contributed by atoms with Gasteiger partial charge in [-0.05, 0) is 54.7 Å². The second kappa shape index (κ2) is 11.6. The summed E-state index contributed by atoms with van der Waals surface area (Å²) in [5.74, 6) is 1.36. The van der Waals surface area contributed by atoms with Crippen LogP contribution in [0.5, 0.6) is 5.75 Å². The van der Waals surface area contributed by atoms with Gasteiger partial charge < -0.3 is 14.5 Å². The van der Waals surface area contributed by atoms with Gasteiger partial charge in [0.2, 0.25) is 11.8 Å². The van der Waals surface area contributed by atoms with E-state index in [-0.39, 0.29) is 11.7 Å². The number of carbonyl (C=O) groups is 1. The molecule has 1 aromatic heterocycles. The molecule has 0 radical (unpaired) electrons. The van der Waals surface area contributed by atoms with E-state index in [4.69, 9.17) is 9.15 Å². The maximum Gasteiger partial charge on any atom is 0.277 e. The Kier molecular flexibility index (Phi) is 8.53. The number of aromatic nitrogens is 2. The van der Waals surface area contributed by atoms with Gasteiger partial charge in [-0.3, -0.25) is 4.79 Å². The van der Waals surface area contributed by atoms with E-state index in [0.29, 0.717) is 17.7 Å². The lowest BCUT2D eigenvalue weighted by Gasteiger charge is -2.14. The molecule has 1 heterocycles. The molecular formula is C24H29N3O3S. The standard InChI is InChI=1S/C24H29N3O3S/c1-4-7-15-29-20-13-11-19(12-14-20)23-26-27-24(30-23)31-16-21(28)25-22-17(5-2)9-8-10-18(22)6-3/h8-14H,4-7,15-16H2,1-3H3,(H,25,28). The van der Waals surface area contributed by atoms with Crippen LogP contribution in [0.15, 0.2) is 52.1 Å². The first-order chi connectivity index (χ1) is 15.1. The average molecular weight is 440 g/mol. The van der Waals surface area contributed by atoms with Gasteiger partial charge in [0.05, 0.1) is 12.4 Å². The molecule has 0 fully saturated rings. The zero-order chi connectivity index (χ0) is 22.1. The lowest BCUT2D eigenvalue weighted by Crippen LogP contribution is -2.16. The van der Waals surface area contributed by atoms with E-state index in [2.05, 4.69) is 36.3 Å². The third kappa shape index (κ3) is 6.34. The number of para-hydroxylation sites is 1. The van der Waals surface area contributed by atoms with Gasteiger partial charge in [0.25, 0.3) is 5.22 Å². The monoisotopic (exact) mass is 439 g/mol. The van der Waals surface area contributed by atoms with Crippen LogP contribution in [0.3, 0.4) is 0 Å².